The number of methoxy groups -OCH3 is 1. The summed E-state index contributed by atoms with van der Waals surface area (Å²) < 4.78 is 5.37. The first-order valence-corrected chi connectivity index (χ1v) is 9.00. The molecule has 1 aromatic carbocycles. The first-order valence-electron chi connectivity index (χ1n) is 9.00. The summed E-state index contributed by atoms with van der Waals surface area (Å²) in [6.07, 6.45) is 1.62. The van der Waals surface area contributed by atoms with Crippen LogP contribution < -0.4 is 5.32 Å². The molecule has 0 aromatic heterocycles. The molecule has 2 fully saturated rings. The standard InChI is InChI=1S/C19H27N3O3.ClH/c1-25-15-19(7-9-20-10-8-19)18(24)22-13-11-21(12-14-22)17(23)16-5-3-2-4-6-16;/h2-6,20H,7-15H2,1H3;1H. The Morgan fingerprint density at radius 1 is 1.04 bits per heavy atom. The van der Waals surface area contributed by atoms with E-state index in [1.54, 1.807) is 7.11 Å². The van der Waals surface area contributed by atoms with Gasteiger partial charge in [0.25, 0.3) is 5.91 Å². The summed E-state index contributed by atoms with van der Waals surface area (Å²) in [5.41, 5.74) is 0.294. The number of nitrogens with zero attached hydrogens (tertiary/aromatic N) is 2. The molecule has 2 amide bonds. The number of carbonyl (C=O) groups excluding carboxylic acids is 2. The minimum absolute atomic E-state index is 0. The van der Waals surface area contributed by atoms with Crippen molar-refractivity contribution in [2.24, 2.45) is 5.41 Å². The van der Waals surface area contributed by atoms with Crippen LogP contribution in [0.5, 0.6) is 0 Å². The van der Waals surface area contributed by atoms with E-state index in [1.807, 2.05) is 40.1 Å². The van der Waals surface area contributed by atoms with E-state index in [2.05, 4.69) is 5.32 Å². The number of amides is 2. The molecule has 0 spiro atoms. The van der Waals surface area contributed by atoms with Gasteiger partial charge in [0.1, 0.15) is 0 Å². The Balaban J connectivity index is 0.00000243. The molecular formula is C19H28ClN3O3. The molecule has 6 nitrogen and oxygen atoms in total. The molecule has 0 aliphatic carbocycles. The molecular weight excluding hydrogens is 354 g/mol. The summed E-state index contributed by atoms with van der Waals surface area (Å²) in [6, 6.07) is 9.32. The molecule has 2 heterocycles. The normalized spacial score (nSPS) is 19.6. The van der Waals surface area contributed by atoms with Crippen molar-refractivity contribution in [3.63, 3.8) is 0 Å². The van der Waals surface area contributed by atoms with Crippen molar-refractivity contribution in [2.75, 3.05) is 53.0 Å². The zero-order chi connectivity index (χ0) is 17.7. The molecule has 1 N–H and O–H groups in total. The van der Waals surface area contributed by atoms with Gasteiger partial charge >= 0.3 is 0 Å². The maximum absolute atomic E-state index is 13.1. The molecule has 1 aromatic rings. The topological polar surface area (TPSA) is 61.9 Å². The van der Waals surface area contributed by atoms with Gasteiger partial charge in [-0.05, 0) is 38.1 Å². The highest BCUT2D eigenvalue weighted by Crippen LogP contribution is 2.32. The Labute approximate surface area is 161 Å². The minimum Gasteiger partial charge on any atom is -0.384 e. The van der Waals surface area contributed by atoms with Crippen molar-refractivity contribution in [1.29, 1.82) is 0 Å². The molecule has 0 atom stereocenters. The fourth-order valence-corrected chi connectivity index (χ4v) is 3.81. The van der Waals surface area contributed by atoms with E-state index in [0.717, 1.165) is 25.9 Å². The van der Waals surface area contributed by atoms with Crippen molar-refractivity contribution in [2.45, 2.75) is 12.8 Å². The number of hydrogen-bond acceptors (Lipinski definition) is 4. The van der Waals surface area contributed by atoms with E-state index >= 15 is 0 Å². The van der Waals surface area contributed by atoms with Crippen LogP contribution in [0, 0.1) is 5.41 Å². The summed E-state index contributed by atoms with van der Waals surface area (Å²) in [5, 5.41) is 3.32. The maximum Gasteiger partial charge on any atom is 0.253 e. The highest BCUT2D eigenvalue weighted by molar-refractivity contribution is 5.94. The van der Waals surface area contributed by atoms with Crippen LogP contribution in [-0.2, 0) is 9.53 Å². The van der Waals surface area contributed by atoms with Crippen LogP contribution in [-0.4, -0.2) is 74.6 Å². The van der Waals surface area contributed by atoms with Crippen LogP contribution in [0.2, 0.25) is 0 Å². The molecule has 2 aliphatic heterocycles. The fraction of sp³-hybridized carbons (Fsp3) is 0.579. The van der Waals surface area contributed by atoms with Gasteiger partial charge in [-0.3, -0.25) is 9.59 Å². The van der Waals surface area contributed by atoms with Gasteiger partial charge in [-0.1, -0.05) is 18.2 Å². The third kappa shape index (κ3) is 4.37. The number of piperidine rings is 1. The van der Waals surface area contributed by atoms with E-state index < -0.39 is 5.41 Å². The van der Waals surface area contributed by atoms with Crippen LogP contribution in [0.15, 0.2) is 30.3 Å². The number of hydrogen-bond donors (Lipinski definition) is 1. The van der Waals surface area contributed by atoms with Gasteiger partial charge in [0.15, 0.2) is 0 Å². The van der Waals surface area contributed by atoms with Crippen LogP contribution in [0.1, 0.15) is 23.2 Å². The molecule has 144 valence electrons. The Kier molecular flexibility index (Phi) is 7.43. The van der Waals surface area contributed by atoms with Crippen molar-refractivity contribution >= 4 is 24.2 Å². The van der Waals surface area contributed by atoms with E-state index in [4.69, 9.17) is 4.74 Å². The number of halogens is 1. The average molecular weight is 382 g/mol. The van der Waals surface area contributed by atoms with Crippen LogP contribution in [0.4, 0.5) is 0 Å². The van der Waals surface area contributed by atoms with Gasteiger partial charge in [0.05, 0.1) is 12.0 Å². The molecule has 3 rings (SSSR count). The van der Waals surface area contributed by atoms with Gasteiger partial charge in [0.2, 0.25) is 5.91 Å². The Hall–Kier alpha value is -1.63. The molecule has 2 aliphatic rings. The quantitative estimate of drug-likeness (QED) is 0.856. The average Bonchev–Trinajstić information content (AvgIpc) is 2.68. The lowest BCUT2D eigenvalue weighted by atomic mass is 9.78. The lowest BCUT2D eigenvalue weighted by molar-refractivity contribution is -0.149. The van der Waals surface area contributed by atoms with E-state index in [1.165, 1.54) is 0 Å². The maximum atomic E-state index is 13.1. The van der Waals surface area contributed by atoms with Gasteiger partial charge in [0, 0.05) is 38.9 Å². The van der Waals surface area contributed by atoms with E-state index in [0.29, 0.717) is 38.3 Å². The summed E-state index contributed by atoms with van der Waals surface area (Å²) in [7, 11) is 1.66. The second-order valence-electron chi connectivity index (χ2n) is 6.91. The van der Waals surface area contributed by atoms with Crippen LogP contribution >= 0.6 is 12.4 Å². The van der Waals surface area contributed by atoms with Crippen molar-refractivity contribution in [3.05, 3.63) is 35.9 Å². The fourth-order valence-electron chi connectivity index (χ4n) is 3.81. The summed E-state index contributed by atoms with van der Waals surface area (Å²) in [6.45, 7) is 4.52. The molecule has 0 radical (unpaired) electrons. The SMILES string of the molecule is COCC1(C(=O)N2CCN(C(=O)c3ccccc3)CC2)CCNCC1.Cl. The Morgan fingerprint density at radius 2 is 1.62 bits per heavy atom. The van der Waals surface area contributed by atoms with Crippen molar-refractivity contribution < 1.29 is 14.3 Å². The molecule has 0 unspecified atom stereocenters. The number of rotatable bonds is 4. The highest BCUT2D eigenvalue weighted by atomic mass is 35.5. The summed E-state index contributed by atoms with van der Waals surface area (Å²) in [5.74, 6) is 0.226. The first kappa shape index (κ1) is 20.7. The summed E-state index contributed by atoms with van der Waals surface area (Å²) in [4.78, 5) is 29.4. The van der Waals surface area contributed by atoms with Gasteiger partial charge in [-0.2, -0.15) is 0 Å². The predicted molar refractivity (Wildman–Crippen MR) is 103 cm³/mol. The van der Waals surface area contributed by atoms with Crippen LogP contribution in [0.3, 0.4) is 0 Å². The Morgan fingerprint density at radius 3 is 2.19 bits per heavy atom. The molecule has 26 heavy (non-hydrogen) atoms. The predicted octanol–water partition coefficient (Wildman–Crippen LogP) is 1.41. The van der Waals surface area contributed by atoms with Gasteiger partial charge in [-0.15, -0.1) is 12.4 Å². The highest BCUT2D eigenvalue weighted by Gasteiger charge is 2.43. The third-order valence-electron chi connectivity index (χ3n) is 5.31. The van der Waals surface area contributed by atoms with Crippen molar-refractivity contribution in [1.82, 2.24) is 15.1 Å². The molecule has 2 saturated heterocycles. The van der Waals surface area contributed by atoms with Gasteiger partial charge in [-0.25, -0.2) is 0 Å². The minimum atomic E-state index is -0.411. The smallest absolute Gasteiger partial charge is 0.253 e. The lowest BCUT2D eigenvalue weighted by Crippen LogP contribution is -2.57. The zero-order valence-corrected chi connectivity index (χ0v) is 16.1. The van der Waals surface area contributed by atoms with Crippen molar-refractivity contribution in [3.8, 4) is 0 Å². The van der Waals surface area contributed by atoms with E-state index in [9.17, 15) is 9.59 Å². The van der Waals surface area contributed by atoms with Crippen LogP contribution in [0.25, 0.3) is 0 Å². The number of benzene rings is 1. The largest absolute Gasteiger partial charge is 0.384 e. The number of nitrogens with one attached hydrogen (secondary N) is 1. The third-order valence-corrected chi connectivity index (χ3v) is 5.31. The number of ether oxygens (including phenoxy) is 1. The second-order valence-corrected chi connectivity index (χ2v) is 6.91. The first-order chi connectivity index (χ1) is 12.2. The van der Waals surface area contributed by atoms with Gasteiger partial charge < -0.3 is 19.9 Å². The summed E-state index contributed by atoms with van der Waals surface area (Å²) >= 11 is 0. The zero-order valence-electron chi connectivity index (χ0n) is 15.3. The lowest BCUT2D eigenvalue weighted by Gasteiger charge is -2.42. The molecule has 0 bridgehead atoms. The monoisotopic (exact) mass is 381 g/mol. The molecule has 7 heteroatoms. The van der Waals surface area contributed by atoms with E-state index in [-0.39, 0.29) is 24.2 Å². The number of carbonyl (C=O) groups is 2. The number of piperazine rings is 1. The second kappa shape index (κ2) is 9.35. The Bertz CT molecular complexity index is 592. The molecule has 0 saturated carbocycles.